The third-order valence-electron chi connectivity index (χ3n) is 1.54. The summed E-state index contributed by atoms with van der Waals surface area (Å²) in [5.74, 6) is 0.622. The zero-order valence-corrected chi connectivity index (χ0v) is 12.3. The Hall–Kier alpha value is -1.69. The smallest absolute Gasteiger partial charge is 0.307 e. The molecule has 2 rings (SSSR count). The van der Waals surface area contributed by atoms with Crippen molar-refractivity contribution in [2.24, 2.45) is 0 Å². The standard InChI is InChI=1S/C5H3ClN4.C4H3BrClN3/c1-8-5-4(6)10-3(7)2-9-5;5-3-4(6)9-2(7)1-8-3/h2H,(H2,7,10);1H,(H2,7,9). The van der Waals surface area contributed by atoms with Crippen LogP contribution < -0.4 is 11.5 Å². The Morgan fingerprint density at radius 3 is 2.00 bits per heavy atom. The van der Waals surface area contributed by atoms with Crippen LogP contribution in [0.5, 0.6) is 0 Å². The van der Waals surface area contributed by atoms with Crippen molar-refractivity contribution in [2.45, 2.75) is 0 Å². The molecule has 10 heteroatoms. The van der Waals surface area contributed by atoms with E-state index in [1.807, 2.05) is 0 Å². The molecule has 7 nitrogen and oxygen atoms in total. The average Bonchev–Trinajstić information content (AvgIpc) is 2.35. The molecule has 0 atom stereocenters. The highest BCUT2D eigenvalue weighted by molar-refractivity contribution is 9.10. The van der Waals surface area contributed by atoms with Crippen molar-refractivity contribution in [3.05, 3.63) is 38.7 Å². The van der Waals surface area contributed by atoms with Gasteiger partial charge < -0.3 is 16.3 Å². The zero-order valence-electron chi connectivity index (χ0n) is 9.18. The van der Waals surface area contributed by atoms with Crippen molar-refractivity contribution in [1.82, 2.24) is 19.9 Å². The number of halogens is 3. The summed E-state index contributed by atoms with van der Waals surface area (Å²) < 4.78 is 0.512. The average molecular weight is 363 g/mol. The summed E-state index contributed by atoms with van der Waals surface area (Å²) in [7, 11) is 0. The Morgan fingerprint density at radius 2 is 1.58 bits per heavy atom. The Labute approximate surface area is 126 Å². The minimum Gasteiger partial charge on any atom is -0.382 e. The highest BCUT2D eigenvalue weighted by Gasteiger charge is 2.02. The van der Waals surface area contributed by atoms with Crippen LogP contribution >= 0.6 is 39.1 Å². The highest BCUT2D eigenvalue weighted by Crippen LogP contribution is 2.19. The molecule has 98 valence electrons. The van der Waals surface area contributed by atoms with E-state index in [-0.39, 0.29) is 21.9 Å². The molecule has 19 heavy (non-hydrogen) atoms. The minimum atomic E-state index is 0.0509. The first kappa shape index (κ1) is 15.4. The van der Waals surface area contributed by atoms with E-state index in [1.165, 1.54) is 12.4 Å². The zero-order chi connectivity index (χ0) is 14.4. The van der Waals surface area contributed by atoms with Crippen molar-refractivity contribution in [1.29, 1.82) is 0 Å². The first-order valence-electron chi connectivity index (χ1n) is 4.53. The maximum atomic E-state index is 6.55. The maximum absolute atomic E-state index is 6.55. The fourth-order valence-corrected chi connectivity index (χ4v) is 1.34. The van der Waals surface area contributed by atoms with E-state index in [0.29, 0.717) is 10.4 Å². The van der Waals surface area contributed by atoms with Crippen LogP contribution in [0.25, 0.3) is 4.85 Å². The molecule has 0 unspecified atom stereocenters. The van der Waals surface area contributed by atoms with Gasteiger partial charge in [0.05, 0.1) is 6.20 Å². The van der Waals surface area contributed by atoms with E-state index in [9.17, 15) is 0 Å². The third-order valence-corrected chi connectivity index (χ3v) is 2.87. The second-order valence-electron chi connectivity index (χ2n) is 2.90. The lowest BCUT2D eigenvalue weighted by atomic mass is 10.6. The molecule has 4 N–H and O–H groups in total. The van der Waals surface area contributed by atoms with Gasteiger partial charge in [-0.15, -0.1) is 4.98 Å². The lowest BCUT2D eigenvalue weighted by molar-refractivity contribution is 1.17. The largest absolute Gasteiger partial charge is 0.382 e. The molecule has 0 aliphatic rings. The molecular weight excluding hydrogens is 357 g/mol. The van der Waals surface area contributed by atoms with Gasteiger partial charge in [0.2, 0.25) is 0 Å². The molecule has 0 amide bonds. The van der Waals surface area contributed by atoms with Gasteiger partial charge in [0, 0.05) is 0 Å². The predicted octanol–water partition coefficient (Wildman–Crippen LogP) is 2.74. The molecule has 0 bridgehead atoms. The number of anilines is 2. The number of aromatic nitrogens is 4. The van der Waals surface area contributed by atoms with Gasteiger partial charge in [-0.2, -0.15) is 0 Å². The minimum absolute atomic E-state index is 0.0509. The number of rotatable bonds is 0. The summed E-state index contributed by atoms with van der Waals surface area (Å²) in [5.41, 5.74) is 10.5. The fraction of sp³-hybridized carbons (Fsp3) is 0. The van der Waals surface area contributed by atoms with Gasteiger partial charge in [-0.3, -0.25) is 0 Å². The number of hydrogen-bond acceptors (Lipinski definition) is 6. The van der Waals surface area contributed by atoms with Crippen LogP contribution in [-0.2, 0) is 0 Å². The first-order chi connectivity index (χ1) is 8.93. The molecule has 0 aliphatic carbocycles. The van der Waals surface area contributed by atoms with Crippen LogP contribution in [0.2, 0.25) is 10.3 Å². The molecular formula is C9H6BrCl2N7. The Kier molecular flexibility index (Phi) is 5.69. The van der Waals surface area contributed by atoms with E-state index < -0.39 is 0 Å². The van der Waals surface area contributed by atoms with Crippen molar-refractivity contribution in [3.8, 4) is 0 Å². The number of hydrogen-bond donors (Lipinski definition) is 2. The molecule has 0 spiro atoms. The predicted molar refractivity (Wildman–Crippen MR) is 76.9 cm³/mol. The normalized spacial score (nSPS) is 9.16. The lowest BCUT2D eigenvalue weighted by Gasteiger charge is -1.92. The van der Waals surface area contributed by atoms with Crippen molar-refractivity contribution < 1.29 is 0 Å². The van der Waals surface area contributed by atoms with Crippen LogP contribution in [0.3, 0.4) is 0 Å². The van der Waals surface area contributed by atoms with Gasteiger partial charge in [-0.1, -0.05) is 29.8 Å². The van der Waals surface area contributed by atoms with E-state index in [4.69, 9.17) is 41.2 Å². The molecule has 0 saturated heterocycles. The Bertz CT molecular complexity index is 628. The van der Waals surface area contributed by atoms with Crippen molar-refractivity contribution in [2.75, 3.05) is 11.5 Å². The molecule has 2 heterocycles. The van der Waals surface area contributed by atoms with Crippen LogP contribution in [0, 0.1) is 6.57 Å². The maximum Gasteiger partial charge on any atom is 0.307 e. The fourth-order valence-electron chi connectivity index (χ4n) is 0.812. The van der Waals surface area contributed by atoms with Crippen molar-refractivity contribution in [3.63, 3.8) is 0 Å². The molecule has 2 aromatic heterocycles. The summed E-state index contributed by atoms with van der Waals surface area (Å²) in [6.45, 7) is 6.55. The molecule has 0 fully saturated rings. The molecule has 0 saturated carbocycles. The summed E-state index contributed by atoms with van der Waals surface area (Å²) in [6, 6.07) is 0. The van der Waals surface area contributed by atoms with Crippen LogP contribution in [0.1, 0.15) is 0 Å². The second kappa shape index (κ2) is 7.04. The quantitative estimate of drug-likeness (QED) is 0.697. The summed E-state index contributed by atoms with van der Waals surface area (Å²) in [6.07, 6.45) is 2.72. The van der Waals surface area contributed by atoms with Gasteiger partial charge in [-0.25, -0.2) is 15.0 Å². The molecule has 0 radical (unpaired) electrons. The lowest BCUT2D eigenvalue weighted by Crippen LogP contribution is -1.91. The third kappa shape index (κ3) is 4.82. The summed E-state index contributed by atoms with van der Waals surface area (Å²) in [4.78, 5) is 17.7. The second-order valence-corrected chi connectivity index (χ2v) is 4.36. The topological polar surface area (TPSA) is 108 Å². The Morgan fingerprint density at radius 1 is 1.05 bits per heavy atom. The monoisotopic (exact) mass is 361 g/mol. The molecule has 2 aromatic rings. The van der Waals surface area contributed by atoms with Gasteiger partial charge in [0.1, 0.15) is 10.4 Å². The van der Waals surface area contributed by atoms with Gasteiger partial charge in [0.25, 0.3) is 0 Å². The highest BCUT2D eigenvalue weighted by atomic mass is 79.9. The van der Waals surface area contributed by atoms with Gasteiger partial charge >= 0.3 is 5.82 Å². The van der Waals surface area contributed by atoms with Crippen molar-refractivity contribution >= 4 is 56.6 Å². The number of nitrogens with zero attached hydrogens (tertiary/aromatic N) is 5. The SMILES string of the molecule is Nc1cnc(Br)c(Cl)n1.[C-]#[N+]c1ncc(N)nc1Cl. The van der Waals surface area contributed by atoms with Gasteiger partial charge in [-0.05, 0) is 15.9 Å². The first-order valence-corrected chi connectivity index (χ1v) is 6.08. The molecule has 0 aromatic carbocycles. The number of nitrogen functional groups attached to an aromatic ring is 2. The summed E-state index contributed by atoms with van der Waals surface area (Å²) >= 11 is 14.0. The van der Waals surface area contributed by atoms with Crippen LogP contribution in [-0.4, -0.2) is 19.9 Å². The number of nitrogens with two attached hydrogens (primary N) is 2. The van der Waals surface area contributed by atoms with Crippen LogP contribution in [0.4, 0.5) is 17.5 Å². The summed E-state index contributed by atoms with van der Waals surface area (Å²) in [5, 5.41) is 0.338. The Balaban J connectivity index is 0.000000191. The van der Waals surface area contributed by atoms with E-state index >= 15 is 0 Å². The van der Waals surface area contributed by atoms with E-state index in [0.717, 1.165) is 0 Å². The van der Waals surface area contributed by atoms with E-state index in [1.54, 1.807) is 0 Å². The molecule has 0 aliphatic heterocycles. The van der Waals surface area contributed by atoms with Gasteiger partial charge in [0.15, 0.2) is 22.3 Å². The van der Waals surface area contributed by atoms with E-state index in [2.05, 4.69) is 40.7 Å². The van der Waals surface area contributed by atoms with Crippen LogP contribution in [0.15, 0.2) is 17.0 Å².